The van der Waals surface area contributed by atoms with E-state index in [0.717, 1.165) is 28.1 Å². The fourth-order valence-electron chi connectivity index (χ4n) is 3.73. The van der Waals surface area contributed by atoms with Gasteiger partial charge in [-0.2, -0.15) is 0 Å². The van der Waals surface area contributed by atoms with E-state index in [4.69, 9.17) is 0 Å². The molecule has 0 saturated carbocycles. The summed E-state index contributed by atoms with van der Waals surface area (Å²) >= 11 is 0. The SMILES string of the molecule is Cc1c[nH]c2ncnc(N3CCC(CO)(C(=O)Nc4ccccc4)CC3)c12. The van der Waals surface area contributed by atoms with E-state index in [1.807, 2.05) is 43.5 Å². The summed E-state index contributed by atoms with van der Waals surface area (Å²) in [5.41, 5.74) is 1.89. The maximum absolute atomic E-state index is 12.9. The Hall–Kier alpha value is -2.93. The number of piperidine rings is 1. The molecule has 1 fully saturated rings. The molecule has 0 spiro atoms. The Morgan fingerprint density at radius 1 is 1.26 bits per heavy atom. The zero-order chi connectivity index (χ0) is 18.9. The maximum Gasteiger partial charge on any atom is 0.233 e. The fourth-order valence-corrected chi connectivity index (χ4v) is 3.73. The highest BCUT2D eigenvalue weighted by Crippen LogP contribution is 2.36. The molecule has 2 aromatic heterocycles. The molecular formula is C20H23N5O2. The van der Waals surface area contributed by atoms with E-state index in [2.05, 4.69) is 25.2 Å². The first-order valence-corrected chi connectivity index (χ1v) is 9.14. The van der Waals surface area contributed by atoms with Gasteiger partial charge in [0.25, 0.3) is 0 Å². The number of carbonyl (C=O) groups excluding carboxylic acids is 1. The minimum Gasteiger partial charge on any atom is -0.395 e. The third kappa shape index (κ3) is 3.14. The smallest absolute Gasteiger partial charge is 0.233 e. The highest BCUT2D eigenvalue weighted by molar-refractivity contribution is 5.96. The van der Waals surface area contributed by atoms with Crippen LogP contribution >= 0.6 is 0 Å². The molecule has 1 aliphatic rings. The van der Waals surface area contributed by atoms with E-state index in [1.165, 1.54) is 0 Å². The number of carbonyl (C=O) groups is 1. The molecule has 140 valence electrons. The van der Waals surface area contributed by atoms with E-state index in [0.29, 0.717) is 25.9 Å². The number of aromatic amines is 1. The van der Waals surface area contributed by atoms with Crippen molar-refractivity contribution in [3.05, 3.63) is 48.4 Å². The van der Waals surface area contributed by atoms with Crippen molar-refractivity contribution in [2.75, 3.05) is 29.9 Å². The standard InChI is InChI=1S/C20H23N5O2/c1-14-11-21-17-16(14)18(23-13-22-17)25-9-7-20(12-26,8-10-25)19(27)24-15-5-3-2-4-6-15/h2-6,11,13,26H,7-10,12H2,1H3,(H,24,27)(H,21,22,23). The summed E-state index contributed by atoms with van der Waals surface area (Å²) in [6.45, 7) is 3.17. The predicted octanol–water partition coefficient (Wildman–Crippen LogP) is 2.48. The van der Waals surface area contributed by atoms with Crippen LogP contribution in [0.15, 0.2) is 42.9 Å². The van der Waals surface area contributed by atoms with Crippen molar-refractivity contribution in [1.82, 2.24) is 15.0 Å². The van der Waals surface area contributed by atoms with Crippen molar-refractivity contribution in [3.8, 4) is 0 Å². The molecule has 0 bridgehead atoms. The molecule has 0 aliphatic carbocycles. The van der Waals surface area contributed by atoms with E-state index in [1.54, 1.807) is 6.33 Å². The Morgan fingerprint density at radius 2 is 2.00 bits per heavy atom. The van der Waals surface area contributed by atoms with Crippen LogP contribution in [0, 0.1) is 12.3 Å². The summed E-state index contributed by atoms with van der Waals surface area (Å²) < 4.78 is 0. The fraction of sp³-hybridized carbons (Fsp3) is 0.350. The molecule has 0 radical (unpaired) electrons. The number of hydrogen-bond acceptors (Lipinski definition) is 5. The van der Waals surface area contributed by atoms with Gasteiger partial charge in [0.15, 0.2) is 0 Å². The van der Waals surface area contributed by atoms with E-state index in [-0.39, 0.29) is 12.5 Å². The second kappa shape index (κ2) is 7.00. The number of fused-ring (bicyclic) bond motifs is 1. The van der Waals surface area contributed by atoms with Crippen LogP contribution in [0.3, 0.4) is 0 Å². The predicted molar refractivity (Wildman–Crippen MR) is 105 cm³/mol. The van der Waals surface area contributed by atoms with Gasteiger partial charge in [-0.1, -0.05) is 18.2 Å². The highest BCUT2D eigenvalue weighted by atomic mass is 16.3. The van der Waals surface area contributed by atoms with E-state index < -0.39 is 5.41 Å². The molecule has 3 aromatic rings. The molecule has 3 N–H and O–H groups in total. The lowest BCUT2D eigenvalue weighted by Crippen LogP contribution is -2.49. The number of anilines is 2. The third-order valence-corrected chi connectivity index (χ3v) is 5.48. The van der Waals surface area contributed by atoms with Crippen LogP contribution in [0.5, 0.6) is 0 Å². The third-order valence-electron chi connectivity index (χ3n) is 5.48. The van der Waals surface area contributed by atoms with Gasteiger partial charge in [-0.3, -0.25) is 4.79 Å². The first kappa shape index (κ1) is 17.5. The average molecular weight is 365 g/mol. The number of nitrogens with one attached hydrogen (secondary N) is 2. The molecule has 1 aromatic carbocycles. The molecule has 1 aliphatic heterocycles. The molecule has 0 atom stereocenters. The summed E-state index contributed by atoms with van der Waals surface area (Å²) in [5, 5.41) is 14.0. The van der Waals surface area contributed by atoms with Crippen molar-refractivity contribution in [2.24, 2.45) is 5.41 Å². The zero-order valence-electron chi connectivity index (χ0n) is 15.3. The quantitative estimate of drug-likeness (QED) is 0.660. The van der Waals surface area contributed by atoms with Gasteiger partial charge in [0.1, 0.15) is 17.8 Å². The average Bonchev–Trinajstić information content (AvgIpc) is 3.10. The van der Waals surface area contributed by atoms with Crippen LogP contribution in [0.4, 0.5) is 11.5 Å². The number of H-pyrrole nitrogens is 1. The van der Waals surface area contributed by atoms with Gasteiger partial charge >= 0.3 is 0 Å². The van der Waals surface area contributed by atoms with Crippen molar-refractivity contribution in [1.29, 1.82) is 0 Å². The maximum atomic E-state index is 12.9. The number of aryl methyl sites for hydroxylation is 1. The van der Waals surface area contributed by atoms with Gasteiger partial charge in [-0.25, -0.2) is 9.97 Å². The largest absolute Gasteiger partial charge is 0.395 e. The molecule has 7 heteroatoms. The minimum absolute atomic E-state index is 0.124. The minimum atomic E-state index is -0.772. The van der Waals surface area contributed by atoms with Crippen LogP contribution in [-0.4, -0.2) is 45.7 Å². The Bertz CT molecular complexity index is 945. The number of aliphatic hydroxyl groups excluding tert-OH is 1. The van der Waals surface area contributed by atoms with E-state index in [9.17, 15) is 9.90 Å². The lowest BCUT2D eigenvalue weighted by Gasteiger charge is -2.40. The summed E-state index contributed by atoms with van der Waals surface area (Å²) in [7, 11) is 0. The molecule has 7 nitrogen and oxygen atoms in total. The molecular weight excluding hydrogens is 342 g/mol. The number of para-hydroxylation sites is 1. The van der Waals surface area contributed by atoms with Gasteiger partial charge < -0.3 is 20.3 Å². The van der Waals surface area contributed by atoms with Crippen LogP contribution in [0.2, 0.25) is 0 Å². The Balaban J connectivity index is 1.52. The van der Waals surface area contributed by atoms with Crippen LogP contribution in [-0.2, 0) is 4.79 Å². The molecule has 1 saturated heterocycles. The molecule has 0 unspecified atom stereocenters. The van der Waals surface area contributed by atoms with Gasteiger partial charge in [-0.05, 0) is 37.5 Å². The van der Waals surface area contributed by atoms with E-state index >= 15 is 0 Å². The van der Waals surface area contributed by atoms with Gasteiger partial charge in [0.05, 0.1) is 17.4 Å². The number of rotatable bonds is 4. The van der Waals surface area contributed by atoms with Crippen LogP contribution in [0.25, 0.3) is 11.0 Å². The number of aromatic nitrogens is 3. The lowest BCUT2D eigenvalue weighted by atomic mass is 9.78. The molecule has 4 rings (SSSR count). The van der Waals surface area contributed by atoms with Crippen molar-refractivity contribution >= 4 is 28.4 Å². The van der Waals surface area contributed by atoms with Gasteiger partial charge in [0, 0.05) is 25.0 Å². The highest BCUT2D eigenvalue weighted by Gasteiger charge is 2.41. The zero-order valence-corrected chi connectivity index (χ0v) is 15.3. The summed E-state index contributed by atoms with van der Waals surface area (Å²) in [5.74, 6) is 0.760. The number of amides is 1. The number of hydrogen-bond donors (Lipinski definition) is 3. The number of aliphatic hydroxyl groups is 1. The lowest BCUT2D eigenvalue weighted by molar-refractivity contribution is -0.129. The normalized spacial score (nSPS) is 16.4. The topological polar surface area (TPSA) is 94.1 Å². The Morgan fingerprint density at radius 3 is 2.70 bits per heavy atom. The van der Waals surface area contributed by atoms with Gasteiger partial charge in [-0.15, -0.1) is 0 Å². The van der Waals surface area contributed by atoms with Crippen LogP contribution < -0.4 is 10.2 Å². The van der Waals surface area contributed by atoms with Crippen LogP contribution in [0.1, 0.15) is 18.4 Å². The number of benzene rings is 1. The monoisotopic (exact) mass is 365 g/mol. The van der Waals surface area contributed by atoms with Crippen molar-refractivity contribution < 1.29 is 9.90 Å². The summed E-state index contributed by atoms with van der Waals surface area (Å²) in [4.78, 5) is 27.0. The number of nitrogens with zero attached hydrogens (tertiary/aromatic N) is 3. The summed E-state index contributed by atoms with van der Waals surface area (Å²) in [6.07, 6.45) is 4.62. The molecule has 1 amide bonds. The van der Waals surface area contributed by atoms with Crippen molar-refractivity contribution in [3.63, 3.8) is 0 Å². The van der Waals surface area contributed by atoms with Gasteiger partial charge in [0.2, 0.25) is 5.91 Å². The Kier molecular flexibility index (Phi) is 4.53. The molecule has 27 heavy (non-hydrogen) atoms. The molecule has 3 heterocycles. The first-order valence-electron chi connectivity index (χ1n) is 9.14. The second-order valence-electron chi connectivity index (χ2n) is 7.14. The Labute approximate surface area is 157 Å². The first-order chi connectivity index (χ1) is 13.1. The second-order valence-corrected chi connectivity index (χ2v) is 7.14. The van der Waals surface area contributed by atoms with Crippen molar-refractivity contribution in [2.45, 2.75) is 19.8 Å². The summed E-state index contributed by atoms with van der Waals surface area (Å²) in [6, 6.07) is 9.36.